The maximum Gasteiger partial charge on any atom is 0.357 e. The van der Waals surface area contributed by atoms with Gasteiger partial charge in [-0.05, 0) is 49.7 Å². The number of carbonyl (C=O) groups is 1. The fourth-order valence-electron chi connectivity index (χ4n) is 2.80. The van der Waals surface area contributed by atoms with Crippen LogP contribution in [0.25, 0.3) is 11.3 Å². The highest BCUT2D eigenvalue weighted by Crippen LogP contribution is 2.27. The van der Waals surface area contributed by atoms with Gasteiger partial charge >= 0.3 is 5.97 Å². The number of ether oxygens (including phenoxy) is 1. The second kappa shape index (κ2) is 9.31. The van der Waals surface area contributed by atoms with Crippen LogP contribution in [0.5, 0.6) is 0 Å². The van der Waals surface area contributed by atoms with Gasteiger partial charge in [0.15, 0.2) is 10.8 Å². The molecule has 0 spiro atoms. The number of anilines is 4. The molecule has 1 aromatic carbocycles. The zero-order chi connectivity index (χ0) is 21.6. The van der Waals surface area contributed by atoms with Crippen molar-refractivity contribution in [3.8, 4) is 11.3 Å². The minimum atomic E-state index is -0.427. The van der Waals surface area contributed by atoms with Gasteiger partial charge < -0.3 is 15.4 Å². The van der Waals surface area contributed by atoms with Crippen molar-refractivity contribution in [2.24, 2.45) is 0 Å². The Labute approximate surface area is 183 Å². The average Bonchev–Trinajstić information content (AvgIpc) is 3.26. The maximum atomic E-state index is 11.8. The topological polar surface area (TPSA) is 102 Å². The molecule has 0 aliphatic carbocycles. The molecular formula is C22H20N6O2S. The van der Waals surface area contributed by atoms with Crippen LogP contribution in [0.3, 0.4) is 0 Å². The highest BCUT2D eigenvalue weighted by atomic mass is 32.1. The van der Waals surface area contributed by atoms with Crippen molar-refractivity contribution in [3.63, 3.8) is 0 Å². The number of thiazole rings is 1. The third-order valence-electron chi connectivity index (χ3n) is 4.34. The largest absolute Gasteiger partial charge is 0.461 e. The third kappa shape index (κ3) is 5.01. The Morgan fingerprint density at radius 1 is 1.13 bits per heavy atom. The molecular weight excluding hydrogens is 412 g/mol. The van der Waals surface area contributed by atoms with Crippen LogP contribution in [-0.2, 0) is 4.74 Å². The van der Waals surface area contributed by atoms with Gasteiger partial charge in [0.25, 0.3) is 0 Å². The molecule has 0 unspecified atom stereocenters. The quantitative estimate of drug-likeness (QED) is 0.395. The molecule has 9 heteroatoms. The molecule has 0 saturated carbocycles. The van der Waals surface area contributed by atoms with Crippen LogP contribution in [0.4, 0.5) is 22.5 Å². The van der Waals surface area contributed by atoms with E-state index in [2.05, 4.69) is 30.6 Å². The van der Waals surface area contributed by atoms with E-state index in [1.807, 2.05) is 43.3 Å². The van der Waals surface area contributed by atoms with Crippen molar-refractivity contribution in [3.05, 3.63) is 71.6 Å². The number of nitrogens with one attached hydrogen (secondary N) is 2. The van der Waals surface area contributed by atoms with Crippen LogP contribution in [0.1, 0.15) is 23.0 Å². The summed E-state index contributed by atoms with van der Waals surface area (Å²) in [6, 6.07) is 11.5. The lowest BCUT2D eigenvalue weighted by Crippen LogP contribution is -2.05. The summed E-state index contributed by atoms with van der Waals surface area (Å²) >= 11 is 1.34. The van der Waals surface area contributed by atoms with Crippen molar-refractivity contribution >= 4 is 39.8 Å². The number of hydrogen-bond donors (Lipinski definition) is 2. The van der Waals surface area contributed by atoms with Crippen LogP contribution in [0, 0.1) is 6.92 Å². The van der Waals surface area contributed by atoms with E-state index in [0.29, 0.717) is 23.4 Å². The molecule has 0 saturated heterocycles. The number of carbonyl (C=O) groups excluding carboxylic acids is 1. The van der Waals surface area contributed by atoms with Crippen LogP contribution in [0.2, 0.25) is 0 Å². The molecule has 3 aromatic heterocycles. The molecule has 3 heterocycles. The van der Waals surface area contributed by atoms with Crippen LogP contribution in [-0.4, -0.2) is 32.5 Å². The molecule has 0 atom stereocenters. The van der Waals surface area contributed by atoms with Crippen LogP contribution >= 0.6 is 11.3 Å². The van der Waals surface area contributed by atoms with Crippen molar-refractivity contribution < 1.29 is 9.53 Å². The van der Waals surface area contributed by atoms with E-state index in [9.17, 15) is 4.79 Å². The number of hydrogen-bond acceptors (Lipinski definition) is 9. The zero-order valence-corrected chi connectivity index (χ0v) is 17.8. The fraction of sp³-hybridized carbons (Fsp3) is 0.136. The normalized spacial score (nSPS) is 10.5. The van der Waals surface area contributed by atoms with E-state index in [4.69, 9.17) is 4.74 Å². The number of aryl methyl sites for hydroxylation is 1. The van der Waals surface area contributed by atoms with E-state index in [-0.39, 0.29) is 0 Å². The minimum Gasteiger partial charge on any atom is -0.461 e. The molecule has 31 heavy (non-hydrogen) atoms. The summed E-state index contributed by atoms with van der Waals surface area (Å²) in [5, 5.41) is 8.77. The summed E-state index contributed by atoms with van der Waals surface area (Å²) < 4.78 is 4.98. The van der Waals surface area contributed by atoms with Gasteiger partial charge in [0.2, 0.25) is 5.95 Å². The summed E-state index contributed by atoms with van der Waals surface area (Å²) in [5.74, 6) is 0.0594. The fourth-order valence-corrected chi connectivity index (χ4v) is 3.50. The summed E-state index contributed by atoms with van der Waals surface area (Å²) in [7, 11) is 0. The Morgan fingerprint density at radius 3 is 2.84 bits per heavy atom. The van der Waals surface area contributed by atoms with E-state index in [1.165, 1.54) is 11.3 Å². The van der Waals surface area contributed by atoms with E-state index >= 15 is 0 Å². The van der Waals surface area contributed by atoms with Crippen LogP contribution < -0.4 is 10.6 Å². The highest BCUT2D eigenvalue weighted by molar-refractivity contribution is 7.14. The van der Waals surface area contributed by atoms with Crippen molar-refractivity contribution in [2.45, 2.75) is 13.8 Å². The van der Waals surface area contributed by atoms with Gasteiger partial charge in [-0.3, -0.25) is 4.98 Å². The molecule has 0 radical (unpaired) electrons. The standard InChI is InChI=1S/C22H20N6O2S/c1-3-30-20(29)19-13-31-22(28-19)25-16-7-6-14(2)18(11-16)27-21-24-10-8-17(26-21)15-5-4-9-23-12-15/h4-13H,3H2,1-2H3,(H,25,28)(H,24,26,27). The second-order valence-electron chi connectivity index (χ2n) is 6.55. The molecule has 8 nitrogen and oxygen atoms in total. The summed E-state index contributed by atoms with van der Waals surface area (Å²) in [4.78, 5) is 29.2. The molecule has 0 aliphatic rings. The van der Waals surface area contributed by atoms with Gasteiger partial charge in [-0.25, -0.2) is 19.7 Å². The van der Waals surface area contributed by atoms with Crippen molar-refractivity contribution in [1.29, 1.82) is 0 Å². The van der Waals surface area contributed by atoms with Gasteiger partial charge in [0.05, 0.1) is 12.3 Å². The summed E-state index contributed by atoms with van der Waals surface area (Å²) in [6.45, 7) is 4.08. The van der Waals surface area contributed by atoms with Gasteiger partial charge in [0.1, 0.15) is 0 Å². The lowest BCUT2D eigenvalue weighted by molar-refractivity contribution is 0.0520. The lowest BCUT2D eigenvalue weighted by atomic mass is 10.2. The van der Waals surface area contributed by atoms with Gasteiger partial charge in [-0.1, -0.05) is 6.07 Å². The number of rotatable bonds is 7. The lowest BCUT2D eigenvalue weighted by Gasteiger charge is -2.11. The number of benzene rings is 1. The Morgan fingerprint density at radius 2 is 2.03 bits per heavy atom. The maximum absolute atomic E-state index is 11.8. The Balaban J connectivity index is 1.52. The Kier molecular flexibility index (Phi) is 6.13. The second-order valence-corrected chi connectivity index (χ2v) is 7.40. The van der Waals surface area contributed by atoms with Gasteiger partial charge in [-0.2, -0.15) is 0 Å². The zero-order valence-electron chi connectivity index (χ0n) is 17.0. The molecule has 0 bridgehead atoms. The molecule has 156 valence electrons. The monoisotopic (exact) mass is 432 g/mol. The molecule has 0 amide bonds. The SMILES string of the molecule is CCOC(=O)c1csc(Nc2ccc(C)c(Nc3nccc(-c4cccnc4)n3)c2)n1. The molecule has 2 N–H and O–H groups in total. The highest BCUT2D eigenvalue weighted by Gasteiger charge is 2.12. The van der Waals surface area contributed by atoms with Crippen molar-refractivity contribution in [2.75, 3.05) is 17.2 Å². The van der Waals surface area contributed by atoms with Gasteiger partial charge in [0, 0.05) is 40.9 Å². The third-order valence-corrected chi connectivity index (χ3v) is 5.09. The predicted octanol–water partition coefficient (Wildman–Crippen LogP) is 4.97. The first kappa shape index (κ1) is 20.4. The van der Waals surface area contributed by atoms with Gasteiger partial charge in [-0.15, -0.1) is 11.3 Å². The van der Waals surface area contributed by atoms with Crippen LogP contribution in [0.15, 0.2) is 60.4 Å². The smallest absolute Gasteiger partial charge is 0.357 e. The van der Waals surface area contributed by atoms with E-state index < -0.39 is 5.97 Å². The number of nitrogens with zero attached hydrogens (tertiary/aromatic N) is 4. The summed E-state index contributed by atoms with van der Waals surface area (Å²) in [6.07, 6.45) is 5.20. The summed E-state index contributed by atoms with van der Waals surface area (Å²) in [5.41, 5.74) is 4.71. The Bertz CT molecular complexity index is 1200. The van der Waals surface area contributed by atoms with E-state index in [1.54, 1.807) is 30.9 Å². The number of pyridine rings is 1. The Hall–Kier alpha value is -3.85. The van der Waals surface area contributed by atoms with Crippen molar-refractivity contribution in [1.82, 2.24) is 19.9 Å². The van der Waals surface area contributed by atoms with E-state index in [0.717, 1.165) is 28.2 Å². The molecule has 4 aromatic rings. The molecule has 0 fully saturated rings. The molecule has 4 rings (SSSR count). The average molecular weight is 433 g/mol. The molecule has 0 aliphatic heterocycles. The first-order valence-electron chi connectivity index (χ1n) is 9.63. The number of esters is 1. The first-order chi connectivity index (χ1) is 15.1. The minimum absolute atomic E-state index is 0.292. The predicted molar refractivity (Wildman–Crippen MR) is 121 cm³/mol. The number of aromatic nitrogens is 4. The first-order valence-corrected chi connectivity index (χ1v) is 10.5.